The molecular weight excluding hydrogens is 190 g/mol. The van der Waals surface area contributed by atoms with Gasteiger partial charge in [-0.1, -0.05) is 0 Å². The molecule has 5 N–H and O–H groups in total. The van der Waals surface area contributed by atoms with Gasteiger partial charge in [0, 0.05) is 52.4 Å². The Labute approximate surface area is 93.8 Å². The van der Waals surface area contributed by atoms with Crippen LogP contribution in [0.1, 0.15) is 0 Å². The van der Waals surface area contributed by atoms with Crippen molar-refractivity contribution in [3.8, 4) is 0 Å². The number of likely N-dealkylation sites (N-methyl/N-ethyl adjacent to an activating group) is 2. The minimum atomic E-state index is 1.03. The molecule has 0 amide bonds. The quantitative estimate of drug-likeness (QED) is 0.250. The first-order chi connectivity index (χ1) is 7.41. The van der Waals surface area contributed by atoms with Crippen molar-refractivity contribution in [2.24, 2.45) is 0 Å². The van der Waals surface area contributed by atoms with Gasteiger partial charge in [-0.3, -0.25) is 0 Å². The zero-order chi connectivity index (χ0) is 11.2. The van der Waals surface area contributed by atoms with Crippen molar-refractivity contribution in [3.63, 3.8) is 0 Å². The van der Waals surface area contributed by atoms with Gasteiger partial charge in [0.1, 0.15) is 0 Å². The van der Waals surface area contributed by atoms with Crippen LogP contribution in [0.2, 0.25) is 0 Å². The molecular formula is C10H27N5. The SMILES string of the molecule is CNCCNCCNCCNCCNC. The highest BCUT2D eigenvalue weighted by molar-refractivity contribution is 4.55. The second-order valence-corrected chi connectivity index (χ2v) is 3.46. The van der Waals surface area contributed by atoms with Gasteiger partial charge in [-0.25, -0.2) is 0 Å². The predicted molar refractivity (Wildman–Crippen MR) is 66.5 cm³/mol. The second kappa shape index (κ2) is 13.8. The Bertz CT molecular complexity index is 98.0. The maximum absolute atomic E-state index is 3.37. The first-order valence-corrected chi connectivity index (χ1v) is 5.83. The minimum Gasteiger partial charge on any atom is -0.318 e. The first-order valence-electron chi connectivity index (χ1n) is 5.83. The maximum atomic E-state index is 3.37. The molecule has 0 bridgehead atoms. The Balaban J connectivity index is 2.81. The van der Waals surface area contributed by atoms with Crippen molar-refractivity contribution in [1.82, 2.24) is 26.6 Å². The monoisotopic (exact) mass is 217 g/mol. The number of rotatable bonds is 12. The topological polar surface area (TPSA) is 60.1 Å². The fourth-order valence-electron chi connectivity index (χ4n) is 1.16. The third kappa shape index (κ3) is 13.8. The van der Waals surface area contributed by atoms with E-state index in [0.717, 1.165) is 52.4 Å². The second-order valence-electron chi connectivity index (χ2n) is 3.46. The molecule has 0 fully saturated rings. The third-order valence-corrected chi connectivity index (χ3v) is 2.06. The first kappa shape index (κ1) is 14.8. The summed E-state index contributed by atoms with van der Waals surface area (Å²) in [5.74, 6) is 0. The van der Waals surface area contributed by atoms with Crippen LogP contribution in [0.5, 0.6) is 0 Å². The molecule has 0 aromatic heterocycles. The molecule has 0 aliphatic heterocycles. The summed E-state index contributed by atoms with van der Waals surface area (Å²) in [5.41, 5.74) is 0. The van der Waals surface area contributed by atoms with E-state index in [1.54, 1.807) is 0 Å². The molecule has 0 aromatic rings. The molecule has 0 heterocycles. The van der Waals surface area contributed by atoms with Gasteiger partial charge in [0.25, 0.3) is 0 Å². The van der Waals surface area contributed by atoms with Crippen LogP contribution >= 0.6 is 0 Å². The fourth-order valence-corrected chi connectivity index (χ4v) is 1.16. The van der Waals surface area contributed by atoms with Crippen LogP contribution in [0.3, 0.4) is 0 Å². The van der Waals surface area contributed by atoms with E-state index in [4.69, 9.17) is 0 Å². The summed E-state index contributed by atoms with van der Waals surface area (Å²) in [7, 11) is 3.94. The summed E-state index contributed by atoms with van der Waals surface area (Å²) in [4.78, 5) is 0. The fraction of sp³-hybridized carbons (Fsp3) is 1.00. The van der Waals surface area contributed by atoms with Crippen LogP contribution in [0.15, 0.2) is 0 Å². The molecule has 0 spiro atoms. The molecule has 0 rings (SSSR count). The molecule has 0 atom stereocenters. The van der Waals surface area contributed by atoms with Gasteiger partial charge in [-0.05, 0) is 14.1 Å². The average molecular weight is 217 g/mol. The Hall–Kier alpha value is -0.200. The summed E-state index contributed by atoms with van der Waals surface area (Å²) in [6.07, 6.45) is 0. The summed E-state index contributed by atoms with van der Waals surface area (Å²) >= 11 is 0. The zero-order valence-corrected chi connectivity index (χ0v) is 10.2. The van der Waals surface area contributed by atoms with Gasteiger partial charge < -0.3 is 26.6 Å². The van der Waals surface area contributed by atoms with E-state index in [2.05, 4.69) is 26.6 Å². The smallest absolute Gasteiger partial charge is 0.00772 e. The standard InChI is InChI=1S/C10H27N5/c1-11-3-5-13-7-9-15-10-8-14-6-4-12-2/h11-15H,3-10H2,1-2H3. The minimum absolute atomic E-state index is 1.03. The van der Waals surface area contributed by atoms with Crippen molar-refractivity contribution in [2.45, 2.75) is 0 Å². The highest BCUT2D eigenvalue weighted by Gasteiger charge is 1.88. The van der Waals surface area contributed by atoms with Gasteiger partial charge in [0.15, 0.2) is 0 Å². The lowest BCUT2D eigenvalue weighted by Crippen LogP contribution is -2.35. The van der Waals surface area contributed by atoms with Gasteiger partial charge in [-0.15, -0.1) is 0 Å². The van der Waals surface area contributed by atoms with Crippen molar-refractivity contribution < 1.29 is 0 Å². The molecule has 0 radical (unpaired) electrons. The van der Waals surface area contributed by atoms with Crippen LogP contribution in [-0.4, -0.2) is 66.5 Å². The number of nitrogens with one attached hydrogen (secondary N) is 5. The van der Waals surface area contributed by atoms with Crippen LogP contribution in [-0.2, 0) is 0 Å². The number of hydrogen-bond acceptors (Lipinski definition) is 5. The van der Waals surface area contributed by atoms with E-state index in [1.165, 1.54) is 0 Å². The van der Waals surface area contributed by atoms with Crippen molar-refractivity contribution in [1.29, 1.82) is 0 Å². The highest BCUT2D eigenvalue weighted by Crippen LogP contribution is 1.62. The lowest BCUT2D eigenvalue weighted by molar-refractivity contribution is 0.571. The normalized spacial score (nSPS) is 10.8. The Kier molecular flexibility index (Phi) is 13.6. The van der Waals surface area contributed by atoms with E-state index in [-0.39, 0.29) is 0 Å². The van der Waals surface area contributed by atoms with E-state index >= 15 is 0 Å². The molecule has 0 aromatic carbocycles. The molecule has 92 valence electrons. The van der Waals surface area contributed by atoms with Crippen LogP contribution < -0.4 is 26.6 Å². The molecule has 0 aliphatic rings. The summed E-state index contributed by atoms with van der Waals surface area (Å²) in [6.45, 7) is 8.31. The van der Waals surface area contributed by atoms with Gasteiger partial charge in [0.05, 0.1) is 0 Å². The largest absolute Gasteiger partial charge is 0.318 e. The van der Waals surface area contributed by atoms with E-state index in [9.17, 15) is 0 Å². The summed E-state index contributed by atoms with van der Waals surface area (Å²) < 4.78 is 0. The lowest BCUT2D eigenvalue weighted by atomic mass is 10.5. The highest BCUT2D eigenvalue weighted by atomic mass is 15.0. The van der Waals surface area contributed by atoms with Crippen LogP contribution in [0.25, 0.3) is 0 Å². The molecule has 0 saturated heterocycles. The van der Waals surface area contributed by atoms with E-state index in [0.29, 0.717) is 0 Å². The molecule has 5 nitrogen and oxygen atoms in total. The third-order valence-electron chi connectivity index (χ3n) is 2.06. The molecule has 15 heavy (non-hydrogen) atoms. The molecule has 0 aliphatic carbocycles. The number of hydrogen-bond donors (Lipinski definition) is 5. The predicted octanol–water partition coefficient (Wildman–Crippen LogP) is -1.81. The average Bonchev–Trinajstić information content (AvgIpc) is 2.26. The van der Waals surface area contributed by atoms with Crippen LogP contribution in [0.4, 0.5) is 0 Å². The molecule has 0 unspecified atom stereocenters. The van der Waals surface area contributed by atoms with E-state index < -0.39 is 0 Å². The Morgan fingerprint density at radius 2 is 0.733 bits per heavy atom. The zero-order valence-electron chi connectivity index (χ0n) is 10.2. The van der Waals surface area contributed by atoms with Gasteiger partial charge in [-0.2, -0.15) is 0 Å². The van der Waals surface area contributed by atoms with Crippen molar-refractivity contribution in [3.05, 3.63) is 0 Å². The molecule has 5 heteroatoms. The maximum Gasteiger partial charge on any atom is 0.00772 e. The van der Waals surface area contributed by atoms with Crippen molar-refractivity contribution >= 4 is 0 Å². The molecule has 0 saturated carbocycles. The Morgan fingerprint density at radius 3 is 1.00 bits per heavy atom. The summed E-state index contributed by atoms with van der Waals surface area (Å²) in [6, 6.07) is 0. The van der Waals surface area contributed by atoms with Crippen molar-refractivity contribution in [2.75, 3.05) is 66.5 Å². The van der Waals surface area contributed by atoms with Gasteiger partial charge >= 0.3 is 0 Å². The lowest BCUT2D eigenvalue weighted by Gasteiger charge is -2.07. The van der Waals surface area contributed by atoms with Gasteiger partial charge in [0.2, 0.25) is 0 Å². The van der Waals surface area contributed by atoms with Crippen LogP contribution in [0, 0.1) is 0 Å². The summed E-state index contributed by atoms with van der Waals surface area (Å²) in [5, 5.41) is 16.3. The van der Waals surface area contributed by atoms with E-state index in [1.807, 2.05) is 14.1 Å². The Morgan fingerprint density at radius 1 is 0.467 bits per heavy atom.